The van der Waals surface area contributed by atoms with Gasteiger partial charge in [-0.3, -0.25) is 4.98 Å². The minimum absolute atomic E-state index is 0. The second-order valence-electron chi connectivity index (χ2n) is 10.7. The number of rotatable bonds is 4. The molecule has 0 spiro atoms. The van der Waals surface area contributed by atoms with Crippen molar-refractivity contribution in [1.82, 2.24) is 9.55 Å². The average molecular weight is 587 g/mol. The number of fused-ring (bicyclic) bond motifs is 4. The van der Waals surface area contributed by atoms with E-state index in [0.717, 1.165) is 12.1 Å². The summed E-state index contributed by atoms with van der Waals surface area (Å²) in [6.07, 6.45) is 29.3. The normalized spacial score (nSPS) is 35.0. The van der Waals surface area contributed by atoms with Crippen molar-refractivity contribution < 1.29 is 17.0 Å². The summed E-state index contributed by atoms with van der Waals surface area (Å²) in [6, 6.07) is 6.73. The predicted octanol–water partition coefficient (Wildman–Crippen LogP) is 8.33. The van der Waals surface area contributed by atoms with Crippen LogP contribution in [-0.4, -0.2) is 36.0 Å². The van der Waals surface area contributed by atoms with Gasteiger partial charge in [-0.25, -0.2) is 0 Å². The molecule has 0 amide bonds. The molecule has 37 heavy (non-hydrogen) atoms. The molecule has 0 aromatic carbocycles. The number of pyridine rings is 1. The van der Waals surface area contributed by atoms with E-state index in [-0.39, 0.29) is 19.6 Å². The second kappa shape index (κ2) is 12.5. The molecule has 1 saturated carbocycles. The maximum absolute atomic E-state index is 5.45. The molecule has 4 aliphatic carbocycles. The summed E-state index contributed by atoms with van der Waals surface area (Å²) in [5.41, 5.74) is 3.02. The molecule has 196 valence electrons. The van der Waals surface area contributed by atoms with Crippen molar-refractivity contribution in [3.8, 4) is 0 Å². The van der Waals surface area contributed by atoms with E-state index in [1.165, 1.54) is 5.57 Å². The Morgan fingerprint density at radius 1 is 0.919 bits per heavy atom. The van der Waals surface area contributed by atoms with Crippen LogP contribution in [0.15, 0.2) is 91.2 Å². The molecule has 2 fully saturated rings. The molecule has 7 atom stereocenters. The van der Waals surface area contributed by atoms with Crippen LogP contribution >= 0.6 is 18.6 Å². The molecule has 7 heteroatoms. The van der Waals surface area contributed by atoms with Gasteiger partial charge in [0.1, 0.15) is 8.24 Å². The Bertz CT molecular complexity index is 1080. The Kier molecular flexibility index (Phi) is 9.78. The maximum atomic E-state index is 5.45. The molecule has 0 N–H and O–H groups in total. The fourth-order valence-electron chi connectivity index (χ4n) is 7.51. The van der Waals surface area contributed by atoms with Gasteiger partial charge in [-0.05, 0) is 46.9 Å². The van der Waals surface area contributed by atoms with Crippen LogP contribution in [0, 0.1) is 31.1 Å². The van der Waals surface area contributed by atoms with Crippen molar-refractivity contribution >= 4 is 32.4 Å². The zero-order valence-electron chi connectivity index (χ0n) is 22.1. The van der Waals surface area contributed by atoms with E-state index in [1.807, 2.05) is 12.3 Å². The Hall–Kier alpha value is -0.979. The first-order valence-electron chi connectivity index (χ1n) is 13.0. The summed E-state index contributed by atoms with van der Waals surface area (Å²) in [4.78, 5) is 4.68. The summed E-state index contributed by atoms with van der Waals surface area (Å²) in [5.74, 6) is 2.49. The molecule has 5 aliphatic rings. The van der Waals surface area contributed by atoms with E-state index in [2.05, 4.69) is 109 Å². The van der Waals surface area contributed by atoms with Crippen LogP contribution in [0.5, 0.6) is 0 Å². The second-order valence-corrected chi connectivity index (χ2v) is 17.8. The summed E-state index contributed by atoms with van der Waals surface area (Å²) in [7, 11) is 7.87. The third-order valence-corrected chi connectivity index (χ3v) is 13.1. The quantitative estimate of drug-likeness (QED) is 0.262. The SMILES string of the molecule is CC[C@H]1[N-]C2C(c3ccccn3)=CC=C[C@H]2N1[Si](C)(C)C1C2C=CC=CC2C2C=CC=CC21.[CH3-].[Cl][Ti][Cl]. The van der Waals surface area contributed by atoms with Gasteiger partial charge < -0.3 is 17.3 Å². The van der Waals surface area contributed by atoms with Crippen molar-refractivity contribution in [3.05, 3.63) is 110 Å². The fraction of sp³-hybridized carbons (Fsp3) is 0.400. The zero-order chi connectivity index (χ0) is 25.3. The Morgan fingerprint density at radius 3 is 2.05 bits per heavy atom. The van der Waals surface area contributed by atoms with E-state index in [4.69, 9.17) is 23.9 Å². The molecule has 1 aromatic rings. The van der Waals surface area contributed by atoms with Gasteiger partial charge in [0.15, 0.2) is 0 Å². The molecule has 0 radical (unpaired) electrons. The number of allylic oxidation sites excluding steroid dienone is 10. The molecule has 3 nitrogen and oxygen atoms in total. The van der Waals surface area contributed by atoms with Gasteiger partial charge in [-0.15, -0.1) is 0 Å². The number of hydrogen-bond donors (Lipinski definition) is 0. The van der Waals surface area contributed by atoms with E-state index in [9.17, 15) is 0 Å². The minimum atomic E-state index is -1.91. The molecule has 1 saturated heterocycles. The molecule has 0 bridgehead atoms. The van der Waals surface area contributed by atoms with Crippen LogP contribution in [0.3, 0.4) is 0 Å². The van der Waals surface area contributed by atoms with E-state index < -0.39 is 25.3 Å². The van der Waals surface area contributed by atoms with Gasteiger partial charge >= 0.3 is 35.6 Å². The van der Waals surface area contributed by atoms with Crippen molar-refractivity contribution in [1.29, 1.82) is 0 Å². The first-order valence-corrected chi connectivity index (χ1v) is 20.3. The van der Waals surface area contributed by atoms with Crippen LogP contribution in [0.2, 0.25) is 18.6 Å². The van der Waals surface area contributed by atoms with Crippen molar-refractivity contribution in [2.24, 2.45) is 23.7 Å². The number of halogens is 2. The van der Waals surface area contributed by atoms with Crippen LogP contribution in [-0.2, 0) is 17.0 Å². The molecule has 1 aromatic heterocycles. The van der Waals surface area contributed by atoms with Gasteiger partial charge in [0.05, 0.1) is 5.69 Å². The number of nitrogens with zero attached hydrogens (tertiary/aromatic N) is 3. The third-order valence-electron chi connectivity index (χ3n) is 8.73. The fourth-order valence-corrected chi connectivity index (χ4v) is 12.4. The first kappa shape index (κ1) is 29.0. The third kappa shape index (κ3) is 5.28. The van der Waals surface area contributed by atoms with Gasteiger partial charge in [-0.2, -0.15) is 0 Å². The molecule has 5 unspecified atom stereocenters. The van der Waals surface area contributed by atoms with Crippen LogP contribution < -0.4 is 0 Å². The van der Waals surface area contributed by atoms with Crippen LogP contribution in [0.1, 0.15) is 19.0 Å². The topological polar surface area (TPSA) is 30.2 Å². The van der Waals surface area contributed by atoms with Crippen molar-refractivity contribution in [2.45, 2.75) is 50.2 Å². The van der Waals surface area contributed by atoms with Crippen LogP contribution in [0.4, 0.5) is 0 Å². The Balaban J connectivity index is 0.000000765. The molecule has 2 heterocycles. The molecule has 1 aliphatic heterocycles. The molecule has 6 rings (SSSR count). The standard InChI is InChI=1S/C29H34N3Si.CH3.2ClH.Ti/c1-4-27-31-28-24(25-17-9-10-19-30-25)16-11-18-26(28)32(27)33(2,3)29-22-14-7-5-12-20(22)21-13-6-8-15-23(21)29;;;;/h5-23,26-29H,4H2,1-3H3;1H3;2*1H;/q2*-1;;;+2/p-2/t20?,21?,22?,23?,26-,27+,28?,29?;;;;/m1..../s1. The summed E-state index contributed by atoms with van der Waals surface area (Å²) < 4.78 is 2.90. The van der Waals surface area contributed by atoms with E-state index in [1.54, 1.807) is 0 Å². The Morgan fingerprint density at radius 2 is 1.51 bits per heavy atom. The van der Waals surface area contributed by atoms with Crippen molar-refractivity contribution in [3.63, 3.8) is 0 Å². The number of aromatic nitrogens is 1. The summed E-state index contributed by atoms with van der Waals surface area (Å²) in [5, 5.41) is 5.45. The summed E-state index contributed by atoms with van der Waals surface area (Å²) >= 11 is -0.556. The Labute approximate surface area is 241 Å². The molecular weight excluding hydrogens is 549 g/mol. The number of hydrogen-bond acceptors (Lipinski definition) is 2. The predicted molar refractivity (Wildman–Crippen MR) is 158 cm³/mol. The first-order chi connectivity index (χ1) is 17.5. The van der Waals surface area contributed by atoms with Gasteiger partial charge in [0, 0.05) is 12.2 Å². The summed E-state index contributed by atoms with van der Waals surface area (Å²) in [6.45, 7) is 7.56. The van der Waals surface area contributed by atoms with Gasteiger partial charge in [0.25, 0.3) is 0 Å². The monoisotopic (exact) mass is 585 g/mol. The van der Waals surface area contributed by atoms with Gasteiger partial charge in [-0.1, -0.05) is 112 Å². The zero-order valence-corrected chi connectivity index (χ0v) is 26.2. The van der Waals surface area contributed by atoms with E-state index >= 15 is 0 Å². The average Bonchev–Trinajstić information content (AvgIpc) is 3.46. The van der Waals surface area contributed by atoms with Crippen LogP contribution in [0.25, 0.3) is 10.9 Å². The van der Waals surface area contributed by atoms with E-state index in [0.29, 0.717) is 35.3 Å². The molecular formula is C30H37Cl2N3SiTi-2. The van der Waals surface area contributed by atoms with Gasteiger partial charge in [0.2, 0.25) is 0 Å². The van der Waals surface area contributed by atoms with Crippen molar-refractivity contribution in [2.75, 3.05) is 0 Å².